The van der Waals surface area contributed by atoms with Crippen LogP contribution in [0.2, 0.25) is 0 Å². The number of benzene rings is 1. The minimum absolute atomic E-state index is 0.756. The lowest BCUT2D eigenvalue weighted by molar-refractivity contribution is 0.420. The first kappa shape index (κ1) is 10.9. The molecule has 3 heteroatoms. The molecule has 2 rings (SSSR count). The lowest BCUT2D eigenvalue weighted by Gasteiger charge is -1.96. The van der Waals surface area contributed by atoms with E-state index in [0.29, 0.717) is 0 Å². The minimum Gasteiger partial charge on any atom is -0.356 e. The van der Waals surface area contributed by atoms with E-state index in [0.717, 1.165) is 30.1 Å². The van der Waals surface area contributed by atoms with Gasteiger partial charge in [-0.05, 0) is 19.5 Å². The van der Waals surface area contributed by atoms with E-state index in [9.17, 15) is 0 Å². The maximum Gasteiger partial charge on any atom is 0.167 e. The highest BCUT2D eigenvalue weighted by Gasteiger charge is 2.05. The third-order valence-corrected chi connectivity index (χ3v) is 2.42. The summed E-state index contributed by atoms with van der Waals surface area (Å²) in [4.78, 5) is 0. The van der Waals surface area contributed by atoms with E-state index < -0.39 is 0 Å². The van der Waals surface area contributed by atoms with Gasteiger partial charge in [-0.1, -0.05) is 35.8 Å². The van der Waals surface area contributed by atoms with Gasteiger partial charge in [0, 0.05) is 18.2 Å². The summed E-state index contributed by atoms with van der Waals surface area (Å²) in [5.41, 5.74) is 3.25. The number of aryl methyl sites for hydroxylation is 1. The third kappa shape index (κ3) is 2.49. The Hall–Kier alpha value is -1.61. The van der Waals surface area contributed by atoms with E-state index in [1.54, 1.807) is 0 Å². The van der Waals surface area contributed by atoms with Gasteiger partial charge in [-0.3, -0.25) is 0 Å². The summed E-state index contributed by atoms with van der Waals surface area (Å²) >= 11 is 0. The fourth-order valence-corrected chi connectivity index (χ4v) is 1.58. The summed E-state index contributed by atoms with van der Waals surface area (Å²) in [6, 6.07) is 10.2. The topological polar surface area (TPSA) is 38.1 Å². The lowest BCUT2D eigenvalue weighted by Crippen LogP contribution is -2.11. The first-order valence-corrected chi connectivity index (χ1v) is 5.53. The zero-order valence-corrected chi connectivity index (χ0v) is 9.66. The Balaban J connectivity index is 2.18. The predicted octanol–water partition coefficient (Wildman–Crippen LogP) is 2.76. The highest BCUT2D eigenvalue weighted by atomic mass is 16.5. The van der Waals surface area contributed by atoms with Gasteiger partial charge in [0.2, 0.25) is 0 Å². The largest absolute Gasteiger partial charge is 0.356 e. The van der Waals surface area contributed by atoms with E-state index in [1.807, 2.05) is 18.2 Å². The number of hydrogen-bond donors (Lipinski definition) is 1. The first-order valence-electron chi connectivity index (χ1n) is 5.53. The van der Waals surface area contributed by atoms with Crippen molar-refractivity contribution in [3.63, 3.8) is 0 Å². The Labute approximate surface area is 95.5 Å². The molecule has 2 aromatic rings. The van der Waals surface area contributed by atoms with Crippen molar-refractivity contribution in [1.29, 1.82) is 0 Å². The highest BCUT2D eigenvalue weighted by molar-refractivity contribution is 5.58. The van der Waals surface area contributed by atoms with Crippen LogP contribution in [0, 0.1) is 6.92 Å². The van der Waals surface area contributed by atoms with Crippen molar-refractivity contribution in [2.75, 3.05) is 6.54 Å². The fourth-order valence-electron chi connectivity index (χ4n) is 1.58. The zero-order valence-electron chi connectivity index (χ0n) is 9.66. The summed E-state index contributed by atoms with van der Waals surface area (Å²) in [5, 5.41) is 7.24. The molecule has 0 unspecified atom stereocenters. The van der Waals surface area contributed by atoms with Crippen LogP contribution in [0.15, 0.2) is 34.9 Å². The summed E-state index contributed by atoms with van der Waals surface area (Å²) in [5.74, 6) is 0.830. The van der Waals surface area contributed by atoms with Crippen molar-refractivity contribution in [2.24, 2.45) is 0 Å². The molecular weight excluding hydrogens is 200 g/mol. The van der Waals surface area contributed by atoms with Gasteiger partial charge in [0.25, 0.3) is 0 Å². The second-order valence-electron chi connectivity index (χ2n) is 3.83. The van der Waals surface area contributed by atoms with Crippen molar-refractivity contribution in [3.8, 4) is 11.3 Å². The monoisotopic (exact) mass is 216 g/mol. The average Bonchev–Trinajstić information content (AvgIpc) is 2.75. The van der Waals surface area contributed by atoms with Gasteiger partial charge in [0.05, 0.1) is 5.69 Å². The van der Waals surface area contributed by atoms with Crippen LogP contribution in [0.25, 0.3) is 11.3 Å². The molecule has 0 saturated heterocycles. The van der Waals surface area contributed by atoms with E-state index in [1.165, 1.54) is 5.56 Å². The molecule has 84 valence electrons. The van der Waals surface area contributed by atoms with Gasteiger partial charge in [-0.2, -0.15) is 0 Å². The molecule has 0 aliphatic carbocycles. The van der Waals surface area contributed by atoms with Gasteiger partial charge in [-0.15, -0.1) is 0 Å². The van der Waals surface area contributed by atoms with Crippen LogP contribution in [-0.2, 0) is 6.54 Å². The third-order valence-electron chi connectivity index (χ3n) is 2.42. The minimum atomic E-state index is 0.756. The van der Waals surface area contributed by atoms with Crippen LogP contribution < -0.4 is 5.32 Å². The molecule has 0 amide bonds. The number of hydrogen-bond acceptors (Lipinski definition) is 3. The van der Waals surface area contributed by atoms with Crippen LogP contribution in [-0.4, -0.2) is 11.7 Å². The molecule has 16 heavy (non-hydrogen) atoms. The molecule has 0 saturated carbocycles. The Morgan fingerprint density at radius 2 is 2.19 bits per heavy atom. The van der Waals surface area contributed by atoms with Crippen molar-refractivity contribution in [3.05, 3.63) is 41.6 Å². The predicted molar refractivity (Wildman–Crippen MR) is 64.1 cm³/mol. The first-order chi connectivity index (χ1) is 7.79. The summed E-state index contributed by atoms with van der Waals surface area (Å²) < 4.78 is 5.31. The maximum absolute atomic E-state index is 5.31. The molecule has 0 aliphatic rings. The van der Waals surface area contributed by atoms with Crippen molar-refractivity contribution in [1.82, 2.24) is 10.5 Å². The van der Waals surface area contributed by atoms with Crippen LogP contribution in [0.3, 0.4) is 0 Å². The summed E-state index contributed by atoms with van der Waals surface area (Å²) in [6.45, 7) is 5.83. The normalized spacial score (nSPS) is 10.6. The van der Waals surface area contributed by atoms with E-state index >= 15 is 0 Å². The molecule has 1 aromatic carbocycles. The summed E-state index contributed by atoms with van der Waals surface area (Å²) in [6.07, 6.45) is 0. The maximum atomic E-state index is 5.31. The SMILES string of the molecule is CCNCc1cc(-c2cccc(C)c2)on1. The number of nitrogens with zero attached hydrogens (tertiary/aromatic N) is 1. The Kier molecular flexibility index (Phi) is 3.37. The second kappa shape index (κ2) is 4.94. The number of nitrogens with one attached hydrogen (secondary N) is 1. The highest BCUT2D eigenvalue weighted by Crippen LogP contribution is 2.21. The lowest BCUT2D eigenvalue weighted by atomic mass is 10.1. The van der Waals surface area contributed by atoms with E-state index in [-0.39, 0.29) is 0 Å². The molecule has 3 nitrogen and oxygen atoms in total. The second-order valence-corrected chi connectivity index (χ2v) is 3.83. The molecule has 1 aromatic heterocycles. The smallest absolute Gasteiger partial charge is 0.167 e. The van der Waals surface area contributed by atoms with Crippen LogP contribution >= 0.6 is 0 Å². The molecule has 0 spiro atoms. The molecule has 0 radical (unpaired) electrons. The van der Waals surface area contributed by atoms with Crippen LogP contribution in [0.4, 0.5) is 0 Å². The van der Waals surface area contributed by atoms with Gasteiger partial charge >= 0.3 is 0 Å². The van der Waals surface area contributed by atoms with Crippen LogP contribution in [0.5, 0.6) is 0 Å². The molecule has 1 heterocycles. The van der Waals surface area contributed by atoms with Gasteiger partial charge in [0.1, 0.15) is 0 Å². The van der Waals surface area contributed by atoms with Gasteiger partial charge in [0.15, 0.2) is 5.76 Å². The van der Waals surface area contributed by atoms with Gasteiger partial charge in [-0.25, -0.2) is 0 Å². The van der Waals surface area contributed by atoms with Crippen molar-refractivity contribution in [2.45, 2.75) is 20.4 Å². The molecular formula is C13H16N2O. The van der Waals surface area contributed by atoms with Crippen molar-refractivity contribution < 1.29 is 4.52 Å². The number of rotatable bonds is 4. The quantitative estimate of drug-likeness (QED) is 0.854. The fraction of sp³-hybridized carbons (Fsp3) is 0.308. The zero-order chi connectivity index (χ0) is 11.4. The Morgan fingerprint density at radius 1 is 1.31 bits per heavy atom. The average molecular weight is 216 g/mol. The summed E-state index contributed by atoms with van der Waals surface area (Å²) in [7, 11) is 0. The Bertz CT molecular complexity index is 462. The number of aromatic nitrogens is 1. The van der Waals surface area contributed by atoms with Gasteiger partial charge < -0.3 is 9.84 Å². The molecule has 0 aliphatic heterocycles. The van der Waals surface area contributed by atoms with Crippen molar-refractivity contribution >= 4 is 0 Å². The van der Waals surface area contributed by atoms with E-state index in [2.05, 4.69) is 36.5 Å². The van der Waals surface area contributed by atoms with Crippen LogP contribution in [0.1, 0.15) is 18.2 Å². The molecule has 1 N–H and O–H groups in total. The molecule has 0 fully saturated rings. The molecule has 0 atom stereocenters. The molecule has 0 bridgehead atoms. The Morgan fingerprint density at radius 3 is 2.94 bits per heavy atom. The van der Waals surface area contributed by atoms with E-state index in [4.69, 9.17) is 4.52 Å². The standard InChI is InChI=1S/C13H16N2O/c1-3-14-9-12-8-13(16-15-12)11-6-4-5-10(2)7-11/h4-8,14H,3,9H2,1-2H3.